The number of nitrogens with one attached hydrogen (secondary N) is 2. The summed E-state index contributed by atoms with van der Waals surface area (Å²) in [4.78, 5) is 115. The van der Waals surface area contributed by atoms with Crippen molar-refractivity contribution in [2.75, 3.05) is 27.3 Å². The maximum absolute atomic E-state index is 14.6. The van der Waals surface area contributed by atoms with Gasteiger partial charge in [0.1, 0.15) is 47.4 Å². The summed E-state index contributed by atoms with van der Waals surface area (Å²) in [6.07, 6.45) is 9.41. The highest BCUT2D eigenvalue weighted by Gasteiger charge is 2.63. The molecular weight excluding hydrogens is 1380 g/mol. The van der Waals surface area contributed by atoms with Gasteiger partial charge in [-0.2, -0.15) is 16.8 Å². The van der Waals surface area contributed by atoms with Crippen LogP contribution in [-0.2, 0) is 76.8 Å². The maximum Gasteiger partial charge on any atom is 0.362 e. The minimum absolute atomic E-state index is 0.0692. The molecule has 0 aromatic heterocycles. The topological polar surface area (TPSA) is 309 Å². The van der Waals surface area contributed by atoms with Crippen LogP contribution in [0.4, 0.5) is 0 Å². The first-order valence-electron chi connectivity index (χ1n) is 36.9. The monoisotopic (exact) mass is 1480 g/mol. The highest BCUT2D eigenvalue weighted by Crippen LogP contribution is 2.59. The molecular formula is C78H102N4O20S2. The van der Waals surface area contributed by atoms with E-state index in [0.717, 1.165) is 72.9 Å². The van der Waals surface area contributed by atoms with Crippen LogP contribution >= 0.6 is 0 Å². The number of allylic oxidation sites excluding steroid dienone is 1. The Bertz CT molecular complexity index is 4150. The summed E-state index contributed by atoms with van der Waals surface area (Å²) in [6, 6.07) is 20.6. The van der Waals surface area contributed by atoms with Crippen molar-refractivity contribution in [2.45, 2.75) is 232 Å². The predicted octanol–water partition coefficient (Wildman–Crippen LogP) is 11.1. The van der Waals surface area contributed by atoms with Crippen LogP contribution < -0.4 is 28.4 Å². The fraction of sp³-hybridized carbons (Fsp3) is 0.615. The Hall–Kier alpha value is -7.68. The standard InChI is InChI=1S/C39H52N2O10S.C39H50N2O10S/c2*1-6-25-21-39(25,37(45)40-52(46,47)51-27-14-15-27)22-33(42)32-19-29(49-34-13-9-10-24-18-28(48-5)16-17-30(24)34)23-41(32)36(44)31(38(2,3)4)20-35(43)50-26-11-7-8-12-26/h9-10,13,16-18,25-27,29,31-32H,6-8,11-12,14-15,19-23H2,1-5H3,(H,40,45);6,9-10,13,16-18,25-27,29,31-32H,1,7-8,11-12,14-15,19-23H2,2-5H3,(H,40,45)/t2*25-,29-,31-,32+,39-/m11/s1. The number of hydrogen-bond donors (Lipinski definition) is 2. The van der Waals surface area contributed by atoms with Gasteiger partial charge in [0.2, 0.25) is 23.6 Å². The Labute approximate surface area is 610 Å². The number of nitrogens with zero attached hydrogens (tertiary/aromatic N) is 2. The van der Waals surface area contributed by atoms with Gasteiger partial charge in [-0.3, -0.25) is 46.7 Å². The number of hydrogen-bond acceptors (Lipinski definition) is 20. The van der Waals surface area contributed by atoms with Gasteiger partial charge in [-0.15, -0.1) is 6.58 Å². The lowest BCUT2D eigenvalue weighted by Gasteiger charge is -2.35. The quantitative estimate of drug-likeness (QED) is 0.0362. The zero-order chi connectivity index (χ0) is 74.8. The average Bonchev–Trinajstić information content (AvgIpc) is 1.58. The zero-order valence-electron chi connectivity index (χ0n) is 61.3. The second kappa shape index (κ2) is 31.4. The molecule has 2 saturated heterocycles. The van der Waals surface area contributed by atoms with Crippen LogP contribution in [0.25, 0.3) is 21.5 Å². The first kappa shape index (κ1) is 77.4. The van der Waals surface area contributed by atoms with Gasteiger partial charge in [0.15, 0.2) is 11.6 Å². The molecule has 4 aromatic rings. The Morgan fingerprint density at radius 3 is 1.31 bits per heavy atom. The molecule has 12 rings (SSSR count). The number of benzene rings is 4. The number of fused-ring (bicyclic) bond motifs is 2. The summed E-state index contributed by atoms with van der Waals surface area (Å²) < 4.78 is 99.9. The summed E-state index contributed by atoms with van der Waals surface area (Å²) in [5.74, 6) is -3.64. The minimum Gasteiger partial charge on any atom is -0.497 e. The van der Waals surface area contributed by atoms with Crippen molar-refractivity contribution in [1.82, 2.24) is 19.2 Å². The molecule has 6 saturated carbocycles. The first-order valence-corrected chi connectivity index (χ1v) is 39.7. The molecule has 6 aliphatic carbocycles. The molecule has 2 aliphatic heterocycles. The van der Waals surface area contributed by atoms with E-state index in [1.54, 1.807) is 20.3 Å². The third-order valence-corrected chi connectivity index (χ3v) is 24.1. The number of rotatable bonds is 30. The molecule has 0 bridgehead atoms. The molecule has 104 heavy (non-hydrogen) atoms. The van der Waals surface area contributed by atoms with E-state index in [1.807, 2.05) is 126 Å². The highest BCUT2D eigenvalue weighted by atomic mass is 32.2. The summed E-state index contributed by atoms with van der Waals surface area (Å²) in [5, 5.41) is 3.46. The van der Waals surface area contributed by atoms with Crippen LogP contribution in [-0.4, -0.2) is 150 Å². The van der Waals surface area contributed by atoms with Crippen molar-refractivity contribution in [2.24, 2.45) is 45.3 Å². The molecule has 2 N–H and O–H groups in total. The van der Waals surface area contributed by atoms with Crippen molar-refractivity contribution in [3.8, 4) is 23.0 Å². The molecule has 0 spiro atoms. The van der Waals surface area contributed by atoms with Gasteiger partial charge in [-0.1, -0.05) is 85.2 Å². The van der Waals surface area contributed by atoms with Gasteiger partial charge in [-0.25, -0.2) is 9.44 Å². The van der Waals surface area contributed by atoms with Gasteiger partial charge in [0, 0.05) is 36.5 Å². The van der Waals surface area contributed by atoms with Crippen molar-refractivity contribution < 1.29 is 92.0 Å². The molecule has 26 heteroatoms. The summed E-state index contributed by atoms with van der Waals surface area (Å²) in [7, 11) is -5.51. The fourth-order valence-corrected chi connectivity index (χ4v) is 17.6. The fourth-order valence-electron chi connectivity index (χ4n) is 15.6. The maximum atomic E-state index is 14.6. The van der Waals surface area contributed by atoms with Crippen molar-refractivity contribution in [3.63, 3.8) is 0 Å². The number of likely N-dealkylation sites (tertiary alicyclic amines) is 2. The van der Waals surface area contributed by atoms with E-state index in [9.17, 15) is 55.2 Å². The number of esters is 2. The van der Waals surface area contributed by atoms with Crippen LogP contribution in [0.15, 0.2) is 85.5 Å². The van der Waals surface area contributed by atoms with Crippen molar-refractivity contribution >= 4 is 89.3 Å². The summed E-state index contributed by atoms with van der Waals surface area (Å²) in [5.41, 5.74) is -3.89. The van der Waals surface area contributed by atoms with E-state index in [0.29, 0.717) is 61.5 Å². The third-order valence-electron chi connectivity index (χ3n) is 22.2. The smallest absolute Gasteiger partial charge is 0.362 e. The van der Waals surface area contributed by atoms with Crippen LogP contribution in [0.5, 0.6) is 23.0 Å². The number of Topliss-reactive ketones (excluding diaryl/α,β-unsaturated/α-hetero) is 2. The number of ketones is 2. The molecule has 8 aliphatic rings. The van der Waals surface area contributed by atoms with Crippen LogP contribution in [0, 0.1) is 45.3 Å². The Kier molecular flexibility index (Phi) is 23.4. The normalized spacial score (nSPS) is 25.4. The lowest BCUT2D eigenvalue weighted by atomic mass is 9.77. The largest absolute Gasteiger partial charge is 0.497 e. The molecule has 4 amide bonds. The zero-order valence-corrected chi connectivity index (χ0v) is 62.9. The Morgan fingerprint density at radius 1 is 0.548 bits per heavy atom. The van der Waals surface area contributed by atoms with E-state index in [-0.39, 0.29) is 93.8 Å². The van der Waals surface area contributed by atoms with Gasteiger partial charge in [-0.05, 0) is 172 Å². The van der Waals surface area contributed by atoms with E-state index in [4.69, 9.17) is 36.8 Å². The number of amides is 4. The van der Waals surface area contributed by atoms with E-state index in [1.165, 1.54) is 9.80 Å². The highest BCUT2D eigenvalue weighted by molar-refractivity contribution is 7.85. The lowest BCUT2D eigenvalue weighted by Crippen LogP contribution is -2.48. The van der Waals surface area contributed by atoms with Crippen LogP contribution in [0.2, 0.25) is 0 Å². The molecule has 566 valence electrons. The molecule has 4 aromatic carbocycles. The van der Waals surface area contributed by atoms with E-state index in [2.05, 4.69) is 11.3 Å². The summed E-state index contributed by atoms with van der Waals surface area (Å²) in [6.45, 7) is 17.2. The van der Waals surface area contributed by atoms with Gasteiger partial charge < -0.3 is 38.2 Å². The van der Waals surface area contributed by atoms with E-state index < -0.39 is 126 Å². The second-order valence-electron chi connectivity index (χ2n) is 32.0. The Balaban J connectivity index is 0.000000208. The summed E-state index contributed by atoms with van der Waals surface area (Å²) >= 11 is 0. The van der Waals surface area contributed by atoms with Crippen LogP contribution in [0.1, 0.15) is 183 Å². The lowest BCUT2D eigenvalue weighted by molar-refractivity contribution is -0.156. The van der Waals surface area contributed by atoms with Gasteiger partial charge in [0.05, 0.1) is 87.1 Å². The van der Waals surface area contributed by atoms with Crippen LogP contribution in [0.3, 0.4) is 0 Å². The number of methoxy groups -OCH3 is 2. The van der Waals surface area contributed by atoms with Gasteiger partial charge >= 0.3 is 32.5 Å². The minimum atomic E-state index is -4.37. The van der Waals surface area contributed by atoms with Gasteiger partial charge in [0.25, 0.3) is 0 Å². The molecule has 0 unspecified atom stereocenters. The number of ether oxygens (including phenoxy) is 6. The van der Waals surface area contributed by atoms with E-state index >= 15 is 0 Å². The molecule has 24 nitrogen and oxygen atoms in total. The predicted molar refractivity (Wildman–Crippen MR) is 385 cm³/mol. The average molecular weight is 1480 g/mol. The molecule has 8 fully saturated rings. The molecule has 0 radical (unpaired) electrons. The van der Waals surface area contributed by atoms with Crippen molar-refractivity contribution in [1.29, 1.82) is 0 Å². The SMILES string of the molecule is C=C[C@@H]1C[C@]1(CC(=O)[C@@H]1C[C@@H](Oc2cccc3cc(OC)ccc23)CN1C(=O)[C@@H](CC(=O)OC1CCCC1)C(C)(C)C)C(=O)NS(=O)(=O)OC1CC1.CC[C@@H]1C[C@]1(CC(=O)[C@@H]1C[C@@H](Oc2cccc3cc(OC)ccc23)CN1C(=O)[C@@H](CC(=O)OC1CCCC1)C(C)(C)C)C(=O)NS(=O)(=O)OC1CC1. The third kappa shape index (κ3) is 18.6. The van der Waals surface area contributed by atoms with Crippen molar-refractivity contribution in [3.05, 3.63) is 85.5 Å². The molecule has 10 atom stereocenters. The molecule has 2 heterocycles. The second-order valence-corrected chi connectivity index (χ2v) is 34.6. The Morgan fingerprint density at radius 2 is 0.952 bits per heavy atom. The number of carbonyl (C=O) groups excluding carboxylic acids is 8. The number of carbonyl (C=O) groups is 8. The first-order chi connectivity index (χ1) is 49.2.